The summed E-state index contributed by atoms with van der Waals surface area (Å²) in [4.78, 5) is 0. The molecular formula is C19H34O10. The molecule has 2 fully saturated rings. The zero-order chi connectivity index (χ0) is 21.6. The van der Waals surface area contributed by atoms with E-state index in [2.05, 4.69) is 13.5 Å². The highest BCUT2D eigenvalue weighted by Gasteiger charge is 2.46. The van der Waals surface area contributed by atoms with E-state index in [0.29, 0.717) is 6.42 Å². The summed E-state index contributed by atoms with van der Waals surface area (Å²) in [6.07, 6.45) is -7.36. The van der Waals surface area contributed by atoms with Crippen LogP contribution in [-0.4, -0.2) is 105 Å². The van der Waals surface area contributed by atoms with Crippen LogP contribution < -0.4 is 0 Å². The average Bonchev–Trinajstić information content (AvgIpc) is 2.71. The minimum Gasteiger partial charge on any atom is -0.388 e. The zero-order valence-electron chi connectivity index (χ0n) is 16.6. The summed E-state index contributed by atoms with van der Waals surface area (Å²) in [5.41, 5.74) is 0. The van der Waals surface area contributed by atoms with Crippen molar-refractivity contribution >= 4 is 0 Å². The lowest BCUT2D eigenvalue weighted by Gasteiger charge is -2.42. The molecule has 0 spiro atoms. The summed E-state index contributed by atoms with van der Waals surface area (Å²) in [5, 5.41) is 59.6. The first-order valence-electron chi connectivity index (χ1n) is 10.0. The summed E-state index contributed by atoms with van der Waals surface area (Å²) < 4.78 is 21.8. The van der Waals surface area contributed by atoms with Gasteiger partial charge >= 0.3 is 0 Å². The van der Waals surface area contributed by atoms with Crippen LogP contribution in [0, 0.1) is 0 Å². The van der Waals surface area contributed by atoms with E-state index in [1.54, 1.807) is 6.08 Å². The fourth-order valence-corrected chi connectivity index (χ4v) is 3.29. The Labute approximate surface area is 170 Å². The molecule has 170 valence electrons. The van der Waals surface area contributed by atoms with Gasteiger partial charge in [0, 0.05) is 0 Å². The number of ether oxygens (including phenoxy) is 4. The molecule has 0 aliphatic carbocycles. The summed E-state index contributed by atoms with van der Waals surface area (Å²) in [6, 6.07) is 0. The minimum absolute atomic E-state index is 0.233. The third kappa shape index (κ3) is 6.41. The second-order valence-corrected chi connectivity index (χ2v) is 7.50. The van der Waals surface area contributed by atoms with Crippen molar-refractivity contribution in [2.75, 3.05) is 13.2 Å². The van der Waals surface area contributed by atoms with E-state index in [-0.39, 0.29) is 13.2 Å². The molecule has 0 radical (unpaired) electrons. The van der Waals surface area contributed by atoms with Crippen LogP contribution in [0.2, 0.25) is 0 Å². The SMILES string of the molecule is C=C[C@H](CCCCC)O[C@H]1O[C@@H](CO[C@@H]2OC[C@@H](O)[C@@H](O)[C@@H]2O)[C@@H](O)[C@@H](O)[C@@H]1O. The van der Waals surface area contributed by atoms with Gasteiger partial charge in [0.25, 0.3) is 0 Å². The largest absolute Gasteiger partial charge is 0.388 e. The molecule has 2 saturated heterocycles. The molecule has 0 amide bonds. The molecular weight excluding hydrogens is 388 g/mol. The summed E-state index contributed by atoms with van der Waals surface area (Å²) in [6.45, 7) is 5.24. The number of hydrogen-bond donors (Lipinski definition) is 6. The Balaban J connectivity index is 1.93. The van der Waals surface area contributed by atoms with E-state index in [0.717, 1.165) is 19.3 Å². The van der Waals surface area contributed by atoms with Gasteiger partial charge in [-0.25, -0.2) is 0 Å². The van der Waals surface area contributed by atoms with E-state index in [1.165, 1.54) is 0 Å². The predicted octanol–water partition coefficient (Wildman–Crippen LogP) is -1.60. The zero-order valence-corrected chi connectivity index (χ0v) is 16.6. The molecule has 10 atom stereocenters. The number of aliphatic hydroxyl groups is 6. The second kappa shape index (κ2) is 11.7. The van der Waals surface area contributed by atoms with Crippen molar-refractivity contribution in [2.45, 2.75) is 94.0 Å². The Morgan fingerprint density at radius 3 is 2.31 bits per heavy atom. The van der Waals surface area contributed by atoms with Crippen LogP contribution in [0.3, 0.4) is 0 Å². The van der Waals surface area contributed by atoms with Crippen LogP contribution in [0.4, 0.5) is 0 Å². The van der Waals surface area contributed by atoms with Crippen molar-refractivity contribution in [3.63, 3.8) is 0 Å². The molecule has 2 aliphatic rings. The Morgan fingerprint density at radius 2 is 1.66 bits per heavy atom. The van der Waals surface area contributed by atoms with Gasteiger partial charge in [0.2, 0.25) is 0 Å². The van der Waals surface area contributed by atoms with Gasteiger partial charge in [0.1, 0.15) is 42.7 Å². The fourth-order valence-electron chi connectivity index (χ4n) is 3.29. The highest BCUT2D eigenvalue weighted by atomic mass is 16.7. The maximum atomic E-state index is 10.2. The molecule has 0 aromatic rings. The molecule has 2 rings (SSSR count). The quantitative estimate of drug-likeness (QED) is 0.179. The molecule has 0 aromatic carbocycles. The Bertz CT molecular complexity index is 492. The van der Waals surface area contributed by atoms with Gasteiger partial charge in [0.15, 0.2) is 12.6 Å². The van der Waals surface area contributed by atoms with Crippen molar-refractivity contribution in [1.82, 2.24) is 0 Å². The molecule has 0 aromatic heterocycles. The first-order valence-corrected chi connectivity index (χ1v) is 10.0. The molecule has 10 heteroatoms. The standard InChI is InChI=1S/C19H34O10/c1-3-5-6-7-10(4-2)28-19-17(25)15(23)14(22)12(29-19)9-27-18-16(24)13(21)11(20)8-26-18/h4,10-25H,2-3,5-9H2,1H3/t10-,11-,12+,13-,14-,15-,16+,17+,18+,19+/m1/s1. The average molecular weight is 422 g/mol. The Hall–Kier alpha value is -0.660. The van der Waals surface area contributed by atoms with Crippen molar-refractivity contribution in [3.05, 3.63) is 12.7 Å². The van der Waals surface area contributed by atoms with Gasteiger partial charge in [-0.2, -0.15) is 0 Å². The third-order valence-corrected chi connectivity index (χ3v) is 5.21. The lowest BCUT2D eigenvalue weighted by molar-refractivity contribution is -0.325. The van der Waals surface area contributed by atoms with Gasteiger partial charge in [-0.1, -0.05) is 32.3 Å². The highest BCUT2D eigenvalue weighted by Crippen LogP contribution is 2.26. The molecule has 2 aliphatic heterocycles. The van der Waals surface area contributed by atoms with Crippen LogP contribution >= 0.6 is 0 Å². The lowest BCUT2D eigenvalue weighted by Crippen LogP contribution is -2.60. The number of aliphatic hydroxyl groups excluding tert-OH is 6. The van der Waals surface area contributed by atoms with Gasteiger partial charge in [-0.3, -0.25) is 0 Å². The van der Waals surface area contributed by atoms with Crippen molar-refractivity contribution < 1.29 is 49.6 Å². The smallest absolute Gasteiger partial charge is 0.187 e. The van der Waals surface area contributed by atoms with Crippen molar-refractivity contribution in [2.24, 2.45) is 0 Å². The normalized spacial score (nSPS) is 41.8. The van der Waals surface area contributed by atoms with Gasteiger partial charge < -0.3 is 49.6 Å². The topological polar surface area (TPSA) is 158 Å². The summed E-state index contributed by atoms with van der Waals surface area (Å²) in [7, 11) is 0. The highest BCUT2D eigenvalue weighted by molar-refractivity contribution is 4.91. The van der Waals surface area contributed by atoms with Crippen LogP contribution in [0.5, 0.6) is 0 Å². The number of unbranched alkanes of at least 4 members (excludes halogenated alkanes) is 2. The molecule has 0 bridgehead atoms. The van der Waals surface area contributed by atoms with Gasteiger partial charge in [-0.15, -0.1) is 6.58 Å². The minimum atomic E-state index is -1.53. The van der Waals surface area contributed by atoms with E-state index in [4.69, 9.17) is 18.9 Å². The van der Waals surface area contributed by atoms with E-state index in [1.807, 2.05) is 0 Å². The first kappa shape index (κ1) is 24.6. The van der Waals surface area contributed by atoms with Crippen LogP contribution in [-0.2, 0) is 18.9 Å². The summed E-state index contributed by atoms with van der Waals surface area (Å²) >= 11 is 0. The summed E-state index contributed by atoms with van der Waals surface area (Å²) in [5.74, 6) is 0. The molecule has 6 N–H and O–H groups in total. The monoisotopic (exact) mass is 422 g/mol. The lowest BCUT2D eigenvalue weighted by atomic mass is 9.99. The molecule has 0 unspecified atom stereocenters. The van der Waals surface area contributed by atoms with E-state index < -0.39 is 61.4 Å². The third-order valence-electron chi connectivity index (χ3n) is 5.21. The van der Waals surface area contributed by atoms with Gasteiger partial charge in [-0.05, 0) is 6.42 Å². The predicted molar refractivity (Wildman–Crippen MR) is 99.6 cm³/mol. The van der Waals surface area contributed by atoms with E-state index in [9.17, 15) is 30.6 Å². The van der Waals surface area contributed by atoms with Crippen molar-refractivity contribution in [1.29, 1.82) is 0 Å². The Kier molecular flexibility index (Phi) is 9.89. The van der Waals surface area contributed by atoms with E-state index >= 15 is 0 Å². The fraction of sp³-hybridized carbons (Fsp3) is 0.895. The van der Waals surface area contributed by atoms with Crippen LogP contribution in [0.1, 0.15) is 32.6 Å². The molecule has 10 nitrogen and oxygen atoms in total. The Morgan fingerprint density at radius 1 is 0.966 bits per heavy atom. The molecule has 29 heavy (non-hydrogen) atoms. The number of rotatable bonds is 10. The van der Waals surface area contributed by atoms with Crippen LogP contribution in [0.25, 0.3) is 0 Å². The van der Waals surface area contributed by atoms with Crippen molar-refractivity contribution in [3.8, 4) is 0 Å². The van der Waals surface area contributed by atoms with Crippen LogP contribution in [0.15, 0.2) is 12.7 Å². The number of hydrogen-bond acceptors (Lipinski definition) is 10. The maximum Gasteiger partial charge on any atom is 0.187 e. The maximum absolute atomic E-state index is 10.2. The first-order chi connectivity index (χ1) is 13.8. The molecule has 0 saturated carbocycles. The second-order valence-electron chi connectivity index (χ2n) is 7.50. The van der Waals surface area contributed by atoms with Gasteiger partial charge in [0.05, 0.1) is 19.3 Å². The molecule has 2 heterocycles.